The van der Waals surface area contributed by atoms with Gasteiger partial charge in [-0.05, 0) is 64.7 Å². The van der Waals surface area contributed by atoms with E-state index in [0.717, 1.165) is 38.8 Å². The molecule has 0 aliphatic heterocycles. The molecule has 84 valence electrons. The van der Waals surface area contributed by atoms with Gasteiger partial charge < -0.3 is 15.7 Å². The smallest absolute Gasteiger partial charge is 0.0540 e. The Bertz CT molecular complexity index is 163. The lowest BCUT2D eigenvalue weighted by Crippen LogP contribution is -2.38. The minimum atomic E-state index is -0.0750. The normalized spacial score (nSPS) is 33.6. The van der Waals surface area contributed by atoms with Gasteiger partial charge in [0.1, 0.15) is 0 Å². The third-order valence-corrected chi connectivity index (χ3v) is 3.54. The minimum Gasteiger partial charge on any atom is -0.393 e. The van der Waals surface area contributed by atoms with Crippen LogP contribution in [0, 0.1) is 5.41 Å². The Morgan fingerprint density at radius 1 is 1.36 bits per heavy atom. The first-order valence-corrected chi connectivity index (χ1v) is 5.61. The van der Waals surface area contributed by atoms with E-state index < -0.39 is 0 Å². The highest BCUT2D eigenvalue weighted by Crippen LogP contribution is 2.38. The van der Waals surface area contributed by atoms with Gasteiger partial charge in [-0.1, -0.05) is 0 Å². The average Bonchev–Trinajstić information content (AvgIpc) is 2.18. The summed E-state index contributed by atoms with van der Waals surface area (Å²) < 4.78 is 0. The SMILES string of the molecule is CN(C)CCC1(CN)CCC(O)CC1. The van der Waals surface area contributed by atoms with Crippen LogP contribution < -0.4 is 5.73 Å². The Hall–Kier alpha value is -0.120. The largest absolute Gasteiger partial charge is 0.393 e. The van der Waals surface area contributed by atoms with Crippen LogP contribution in [0.15, 0.2) is 0 Å². The molecule has 1 saturated carbocycles. The Morgan fingerprint density at radius 3 is 2.36 bits per heavy atom. The molecule has 14 heavy (non-hydrogen) atoms. The molecular formula is C11H24N2O. The second-order valence-corrected chi connectivity index (χ2v) is 4.99. The number of aliphatic hydroxyl groups is 1. The molecule has 0 radical (unpaired) electrons. The fourth-order valence-electron chi connectivity index (χ4n) is 2.23. The molecule has 0 aromatic heterocycles. The van der Waals surface area contributed by atoms with Gasteiger partial charge in [0, 0.05) is 0 Å². The maximum atomic E-state index is 9.46. The molecule has 0 heterocycles. The van der Waals surface area contributed by atoms with Crippen LogP contribution in [0.25, 0.3) is 0 Å². The van der Waals surface area contributed by atoms with Crippen molar-refractivity contribution in [2.75, 3.05) is 27.2 Å². The highest BCUT2D eigenvalue weighted by molar-refractivity contribution is 4.86. The second-order valence-electron chi connectivity index (χ2n) is 4.99. The molecule has 3 heteroatoms. The third-order valence-electron chi connectivity index (χ3n) is 3.54. The molecule has 1 rings (SSSR count). The van der Waals surface area contributed by atoms with E-state index in [4.69, 9.17) is 5.73 Å². The number of hydrogen-bond donors (Lipinski definition) is 2. The lowest BCUT2D eigenvalue weighted by Gasteiger charge is -2.38. The molecule has 0 unspecified atom stereocenters. The standard InChI is InChI=1S/C11H24N2O/c1-13(2)8-7-11(9-12)5-3-10(14)4-6-11/h10,14H,3-9,12H2,1-2H3. The summed E-state index contributed by atoms with van der Waals surface area (Å²) in [7, 11) is 4.20. The Labute approximate surface area is 87.3 Å². The topological polar surface area (TPSA) is 49.5 Å². The Kier molecular flexibility index (Phi) is 4.35. The van der Waals surface area contributed by atoms with Crippen molar-refractivity contribution in [3.05, 3.63) is 0 Å². The molecule has 0 spiro atoms. The molecule has 3 nitrogen and oxygen atoms in total. The highest BCUT2D eigenvalue weighted by Gasteiger charge is 2.33. The van der Waals surface area contributed by atoms with E-state index in [1.165, 1.54) is 6.42 Å². The average molecular weight is 200 g/mol. The van der Waals surface area contributed by atoms with E-state index in [0.29, 0.717) is 5.41 Å². The van der Waals surface area contributed by atoms with Crippen LogP contribution in [-0.2, 0) is 0 Å². The van der Waals surface area contributed by atoms with Gasteiger partial charge in [0.25, 0.3) is 0 Å². The van der Waals surface area contributed by atoms with Crippen molar-refractivity contribution in [1.29, 1.82) is 0 Å². The zero-order valence-corrected chi connectivity index (χ0v) is 9.50. The number of nitrogens with two attached hydrogens (primary N) is 1. The van der Waals surface area contributed by atoms with E-state index in [9.17, 15) is 5.11 Å². The highest BCUT2D eigenvalue weighted by atomic mass is 16.3. The third kappa shape index (κ3) is 3.23. The maximum Gasteiger partial charge on any atom is 0.0540 e. The van der Waals surface area contributed by atoms with Gasteiger partial charge in [0.05, 0.1) is 6.10 Å². The van der Waals surface area contributed by atoms with E-state index >= 15 is 0 Å². The molecule has 3 N–H and O–H groups in total. The monoisotopic (exact) mass is 200 g/mol. The van der Waals surface area contributed by atoms with Crippen LogP contribution in [0.2, 0.25) is 0 Å². The summed E-state index contributed by atoms with van der Waals surface area (Å²) in [5.74, 6) is 0. The summed E-state index contributed by atoms with van der Waals surface area (Å²) in [6.07, 6.45) is 5.16. The molecule has 1 fully saturated rings. The lowest BCUT2D eigenvalue weighted by molar-refractivity contribution is 0.0579. The molecule has 0 atom stereocenters. The van der Waals surface area contributed by atoms with E-state index in [2.05, 4.69) is 19.0 Å². The number of rotatable bonds is 4. The summed E-state index contributed by atoms with van der Waals surface area (Å²) in [6, 6.07) is 0. The minimum absolute atomic E-state index is 0.0750. The number of nitrogens with zero attached hydrogens (tertiary/aromatic N) is 1. The molecular weight excluding hydrogens is 176 g/mol. The fraction of sp³-hybridized carbons (Fsp3) is 1.00. The summed E-state index contributed by atoms with van der Waals surface area (Å²) in [5, 5.41) is 9.46. The van der Waals surface area contributed by atoms with Crippen molar-refractivity contribution >= 4 is 0 Å². The van der Waals surface area contributed by atoms with Crippen LogP contribution in [0.4, 0.5) is 0 Å². The van der Waals surface area contributed by atoms with Crippen LogP contribution in [-0.4, -0.2) is 43.3 Å². The summed E-state index contributed by atoms with van der Waals surface area (Å²) in [6.45, 7) is 1.88. The van der Waals surface area contributed by atoms with Gasteiger partial charge in [-0.15, -0.1) is 0 Å². The maximum absolute atomic E-state index is 9.46. The van der Waals surface area contributed by atoms with E-state index in [1.54, 1.807) is 0 Å². The van der Waals surface area contributed by atoms with Crippen molar-refractivity contribution < 1.29 is 5.11 Å². The molecule has 1 aliphatic rings. The molecule has 0 saturated heterocycles. The van der Waals surface area contributed by atoms with Gasteiger partial charge in [0.15, 0.2) is 0 Å². The summed E-state index contributed by atoms with van der Waals surface area (Å²) in [5.41, 5.74) is 6.18. The summed E-state index contributed by atoms with van der Waals surface area (Å²) in [4.78, 5) is 2.21. The van der Waals surface area contributed by atoms with Crippen molar-refractivity contribution in [1.82, 2.24) is 4.90 Å². The molecule has 1 aliphatic carbocycles. The number of hydrogen-bond acceptors (Lipinski definition) is 3. The first kappa shape index (κ1) is 12.0. The molecule has 0 amide bonds. The lowest BCUT2D eigenvalue weighted by atomic mass is 9.71. The van der Waals surface area contributed by atoms with Gasteiger partial charge in [0.2, 0.25) is 0 Å². The predicted octanol–water partition coefficient (Wildman–Crippen LogP) is 0.818. The first-order valence-electron chi connectivity index (χ1n) is 5.61. The number of aliphatic hydroxyl groups excluding tert-OH is 1. The predicted molar refractivity (Wildman–Crippen MR) is 59.1 cm³/mol. The second kappa shape index (κ2) is 5.10. The van der Waals surface area contributed by atoms with Crippen LogP contribution in [0.5, 0.6) is 0 Å². The van der Waals surface area contributed by atoms with E-state index in [1.807, 2.05) is 0 Å². The molecule has 0 aromatic rings. The van der Waals surface area contributed by atoms with Gasteiger partial charge in [-0.2, -0.15) is 0 Å². The van der Waals surface area contributed by atoms with Crippen LogP contribution in [0.1, 0.15) is 32.1 Å². The molecule has 0 aromatic carbocycles. The zero-order valence-electron chi connectivity index (χ0n) is 9.50. The van der Waals surface area contributed by atoms with Gasteiger partial charge in [-0.25, -0.2) is 0 Å². The van der Waals surface area contributed by atoms with Crippen LogP contribution in [0.3, 0.4) is 0 Å². The first-order chi connectivity index (χ1) is 6.58. The van der Waals surface area contributed by atoms with Crippen molar-refractivity contribution in [2.45, 2.75) is 38.2 Å². The Balaban J connectivity index is 2.41. The van der Waals surface area contributed by atoms with Gasteiger partial charge in [-0.3, -0.25) is 0 Å². The Morgan fingerprint density at radius 2 is 1.93 bits per heavy atom. The van der Waals surface area contributed by atoms with Crippen LogP contribution >= 0.6 is 0 Å². The zero-order chi connectivity index (χ0) is 10.6. The van der Waals surface area contributed by atoms with Crippen molar-refractivity contribution in [2.24, 2.45) is 11.1 Å². The van der Waals surface area contributed by atoms with Gasteiger partial charge >= 0.3 is 0 Å². The van der Waals surface area contributed by atoms with Crippen molar-refractivity contribution in [3.63, 3.8) is 0 Å². The molecule has 0 bridgehead atoms. The summed E-state index contributed by atoms with van der Waals surface area (Å²) >= 11 is 0. The quantitative estimate of drug-likeness (QED) is 0.706. The van der Waals surface area contributed by atoms with Crippen molar-refractivity contribution in [3.8, 4) is 0 Å². The van der Waals surface area contributed by atoms with E-state index in [-0.39, 0.29) is 6.10 Å². The fourth-order valence-corrected chi connectivity index (χ4v) is 2.23.